The highest BCUT2D eigenvalue weighted by Crippen LogP contribution is 2.17. The number of methoxy groups -OCH3 is 1. The number of ether oxygens (including phenoxy) is 1. The van der Waals surface area contributed by atoms with E-state index in [1.807, 2.05) is 36.4 Å². The van der Waals surface area contributed by atoms with Gasteiger partial charge in [0.1, 0.15) is 5.75 Å². The zero-order valence-electron chi connectivity index (χ0n) is 13.6. The Kier molecular flexibility index (Phi) is 5.16. The zero-order chi connectivity index (χ0) is 17.5. The molecular weight excluding hydrogens is 318 g/mol. The molecule has 1 aromatic carbocycles. The number of rotatable bonds is 6. The fourth-order valence-electron chi connectivity index (χ4n) is 2.10. The molecule has 0 unspecified atom stereocenters. The van der Waals surface area contributed by atoms with E-state index in [1.165, 1.54) is 12.4 Å². The maximum atomic E-state index is 12.1. The van der Waals surface area contributed by atoms with Crippen LogP contribution in [0, 0.1) is 0 Å². The molecule has 2 aromatic heterocycles. The lowest BCUT2D eigenvalue weighted by atomic mass is 10.2. The summed E-state index contributed by atoms with van der Waals surface area (Å²) in [6.45, 7) is 0.401. The number of hydrogen-bond acceptors (Lipinski definition) is 6. The first-order chi connectivity index (χ1) is 12.2. The number of amides is 1. The van der Waals surface area contributed by atoms with Crippen LogP contribution >= 0.6 is 0 Å². The lowest BCUT2D eigenvalue weighted by molar-refractivity contribution is 0.0950. The molecule has 7 heteroatoms. The van der Waals surface area contributed by atoms with Crippen LogP contribution in [0.3, 0.4) is 0 Å². The quantitative estimate of drug-likeness (QED) is 0.720. The first-order valence-corrected chi connectivity index (χ1v) is 7.65. The molecule has 0 spiro atoms. The van der Waals surface area contributed by atoms with E-state index in [0.717, 1.165) is 17.0 Å². The Morgan fingerprint density at radius 1 is 1.08 bits per heavy atom. The van der Waals surface area contributed by atoms with Crippen molar-refractivity contribution in [3.63, 3.8) is 0 Å². The second-order valence-corrected chi connectivity index (χ2v) is 5.19. The first-order valence-electron chi connectivity index (χ1n) is 7.65. The first kappa shape index (κ1) is 16.4. The highest BCUT2D eigenvalue weighted by molar-refractivity contribution is 5.93. The molecule has 7 nitrogen and oxygen atoms in total. The van der Waals surface area contributed by atoms with Crippen LogP contribution in [-0.4, -0.2) is 28.0 Å². The maximum absolute atomic E-state index is 12.1. The normalized spacial score (nSPS) is 10.1. The molecule has 0 aliphatic heterocycles. The Balaban J connectivity index is 1.58. The van der Waals surface area contributed by atoms with Gasteiger partial charge in [0.2, 0.25) is 5.95 Å². The van der Waals surface area contributed by atoms with Crippen molar-refractivity contribution in [2.75, 3.05) is 12.4 Å². The molecule has 2 heterocycles. The van der Waals surface area contributed by atoms with Crippen molar-refractivity contribution >= 4 is 17.5 Å². The van der Waals surface area contributed by atoms with E-state index >= 15 is 0 Å². The summed E-state index contributed by atoms with van der Waals surface area (Å²) in [6.07, 6.45) is 6.36. The van der Waals surface area contributed by atoms with E-state index in [-0.39, 0.29) is 5.91 Å². The largest absolute Gasteiger partial charge is 0.497 e. The smallest absolute Gasteiger partial charge is 0.254 e. The van der Waals surface area contributed by atoms with Gasteiger partial charge >= 0.3 is 0 Å². The van der Waals surface area contributed by atoms with E-state index in [1.54, 1.807) is 19.5 Å². The fraction of sp³-hybridized carbons (Fsp3) is 0.111. The van der Waals surface area contributed by atoms with E-state index in [4.69, 9.17) is 4.74 Å². The number of nitrogens with one attached hydrogen (secondary N) is 2. The molecule has 0 bridgehead atoms. The standard InChI is InChI=1S/C18H17N5O2/c1-25-16-6-4-15(5-7-16)23-18-21-11-14(12-22-18)17(24)20-10-13-3-2-8-19-9-13/h2-9,11-12H,10H2,1H3,(H,20,24)(H,21,22,23). The highest BCUT2D eigenvalue weighted by atomic mass is 16.5. The molecule has 3 aromatic rings. The van der Waals surface area contributed by atoms with Gasteiger partial charge in [-0.25, -0.2) is 9.97 Å². The van der Waals surface area contributed by atoms with Crippen molar-refractivity contribution in [3.8, 4) is 5.75 Å². The average molecular weight is 335 g/mol. The van der Waals surface area contributed by atoms with E-state index in [0.29, 0.717) is 18.1 Å². The highest BCUT2D eigenvalue weighted by Gasteiger charge is 2.07. The zero-order valence-corrected chi connectivity index (χ0v) is 13.6. The van der Waals surface area contributed by atoms with Crippen LogP contribution in [0.4, 0.5) is 11.6 Å². The Hall–Kier alpha value is -3.48. The molecule has 0 fully saturated rings. The summed E-state index contributed by atoms with van der Waals surface area (Å²) in [7, 11) is 1.61. The van der Waals surface area contributed by atoms with Crippen molar-refractivity contribution < 1.29 is 9.53 Å². The number of aromatic nitrogens is 3. The van der Waals surface area contributed by atoms with Gasteiger partial charge in [-0.1, -0.05) is 6.07 Å². The van der Waals surface area contributed by atoms with Gasteiger partial charge in [0.15, 0.2) is 0 Å². The minimum atomic E-state index is -0.236. The molecule has 0 saturated heterocycles. The number of benzene rings is 1. The van der Waals surface area contributed by atoms with Crippen LogP contribution in [0.5, 0.6) is 5.75 Å². The topological polar surface area (TPSA) is 89.0 Å². The molecule has 0 aliphatic rings. The summed E-state index contributed by atoms with van der Waals surface area (Å²) in [5, 5.41) is 5.87. The molecule has 1 amide bonds. The molecule has 0 atom stereocenters. The lowest BCUT2D eigenvalue weighted by Gasteiger charge is -2.07. The molecule has 3 rings (SSSR count). The van der Waals surface area contributed by atoms with E-state index < -0.39 is 0 Å². The SMILES string of the molecule is COc1ccc(Nc2ncc(C(=O)NCc3cccnc3)cn2)cc1. The van der Waals surface area contributed by atoms with Crippen LogP contribution in [0.2, 0.25) is 0 Å². The summed E-state index contributed by atoms with van der Waals surface area (Å²) in [5.74, 6) is 0.945. The number of hydrogen-bond donors (Lipinski definition) is 2. The summed E-state index contributed by atoms with van der Waals surface area (Å²) >= 11 is 0. The number of anilines is 2. The van der Waals surface area contributed by atoms with Gasteiger partial charge in [-0.3, -0.25) is 9.78 Å². The van der Waals surface area contributed by atoms with Crippen LogP contribution in [0.15, 0.2) is 61.2 Å². The predicted octanol–water partition coefficient (Wildman–Crippen LogP) is 2.55. The van der Waals surface area contributed by atoms with Gasteiger partial charge in [-0.05, 0) is 35.9 Å². The lowest BCUT2D eigenvalue weighted by Crippen LogP contribution is -2.23. The Labute approximate surface area is 145 Å². The van der Waals surface area contributed by atoms with Gasteiger partial charge in [0.05, 0.1) is 12.7 Å². The maximum Gasteiger partial charge on any atom is 0.254 e. The third kappa shape index (κ3) is 4.51. The molecule has 0 saturated carbocycles. The number of nitrogens with zero attached hydrogens (tertiary/aromatic N) is 3. The van der Waals surface area contributed by atoms with Gasteiger partial charge in [0.25, 0.3) is 5.91 Å². The molecule has 25 heavy (non-hydrogen) atoms. The Morgan fingerprint density at radius 2 is 1.84 bits per heavy atom. The van der Waals surface area contributed by atoms with Crippen LogP contribution < -0.4 is 15.4 Å². The summed E-state index contributed by atoms with van der Waals surface area (Å²) in [6, 6.07) is 11.1. The third-order valence-electron chi connectivity index (χ3n) is 3.44. The molecule has 0 aliphatic carbocycles. The Bertz CT molecular complexity index is 820. The molecule has 126 valence electrons. The van der Waals surface area contributed by atoms with Gasteiger partial charge in [-0.15, -0.1) is 0 Å². The van der Waals surface area contributed by atoms with Crippen molar-refractivity contribution in [1.82, 2.24) is 20.3 Å². The van der Waals surface area contributed by atoms with Crippen molar-refractivity contribution in [3.05, 3.63) is 72.3 Å². The number of carbonyl (C=O) groups is 1. The fourth-order valence-corrected chi connectivity index (χ4v) is 2.10. The molecular formula is C18H17N5O2. The van der Waals surface area contributed by atoms with Crippen molar-refractivity contribution in [1.29, 1.82) is 0 Å². The summed E-state index contributed by atoms with van der Waals surface area (Å²) in [4.78, 5) is 24.4. The Morgan fingerprint density at radius 3 is 2.48 bits per heavy atom. The number of carbonyl (C=O) groups excluding carboxylic acids is 1. The monoisotopic (exact) mass is 335 g/mol. The summed E-state index contributed by atoms with van der Waals surface area (Å²) in [5.41, 5.74) is 2.15. The second-order valence-electron chi connectivity index (χ2n) is 5.19. The third-order valence-corrected chi connectivity index (χ3v) is 3.44. The number of pyridine rings is 1. The molecule has 2 N–H and O–H groups in total. The average Bonchev–Trinajstić information content (AvgIpc) is 2.68. The minimum Gasteiger partial charge on any atom is -0.497 e. The summed E-state index contributed by atoms with van der Waals surface area (Å²) < 4.78 is 5.11. The minimum absolute atomic E-state index is 0.236. The van der Waals surface area contributed by atoms with Crippen LogP contribution in [-0.2, 0) is 6.54 Å². The van der Waals surface area contributed by atoms with Crippen LogP contribution in [0.25, 0.3) is 0 Å². The van der Waals surface area contributed by atoms with E-state index in [9.17, 15) is 4.79 Å². The van der Waals surface area contributed by atoms with Gasteiger partial charge in [0, 0.05) is 37.0 Å². The van der Waals surface area contributed by atoms with Gasteiger partial charge < -0.3 is 15.4 Å². The van der Waals surface area contributed by atoms with Gasteiger partial charge in [-0.2, -0.15) is 0 Å². The van der Waals surface area contributed by atoms with E-state index in [2.05, 4.69) is 25.6 Å². The van der Waals surface area contributed by atoms with Crippen molar-refractivity contribution in [2.45, 2.75) is 6.54 Å². The molecule has 0 radical (unpaired) electrons. The predicted molar refractivity (Wildman–Crippen MR) is 93.7 cm³/mol. The van der Waals surface area contributed by atoms with Crippen molar-refractivity contribution in [2.24, 2.45) is 0 Å². The van der Waals surface area contributed by atoms with Crippen LogP contribution in [0.1, 0.15) is 15.9 Å². The second kappa shape index (κ2) is 7.87.